The van der Waals surface area contributed by atoms with Gasteiger partial charge in [-0.3, -0.25) is 14.5 Å². The van der Waals surface area contributed by atoms with E-state index in [0.717, 1.165) is 11.1 Å². The van der Waals surface area contributed by atoms with Gasteiger partial charge in [0.25, 0.3) is 5.91 Å². The van der Waals surface area contributed by atoms with Gasteiger partial charge in [0.15, 0.2) is 0 Å². The molecule has 3 N–H and O–H groups in total. The fourth-order valence-corrected chi connectivity index (χ4v) is 4.94. The molecular weight excluding hydrogens is 522 g/mol. The summed E-state index contributed by atoms with van der Waals surface area (Å²) in [7, 11) is 1.96. The summed E-state index contributed by atoms with van der Waals surface area (Å²) in [5.41, 5.74) is 2.91. The number of amides is 2. The molecule has 0 saturated carbocycles. The minimum atomic E-state index is -0.963. The van der Waals surface area contributed by atoms with Gasteiger partial charge in [-0.15, -0.1) is 0 Å². The fraction of sp³-hybridized carbons (Fsp3) is 0.344. The molecule has 0 fully saturated rings. The van der Waals surface area contributed by atoms with Crippen molar-refractivity contribution in [3.8, 4) is 5.75 Å². The summed E-state index contributed by atoms with van der Waals surface area (Å²) in [6, 6.07) is 20.9. The molecule has 3 aromatic rings. The van der Waals surface area contributed by atoms with Gasteiger partial charge in [-0.05, 0) is 55.4 Å². The summed E-state index contributed by atoms with van der Waals surface area (Å²) in [6.45, 7) is 5.16. The number of nitrogens with one attached hydrogen (secondary N) is 1. The molecule has 9 heteroatoms. The SMILES string of the molecule is C[C@H](CO)N1C[C@H](C)[C@@H](CN(C)Cc2ccc(C(=O)O)cc2)Oc2ccc(NC(=O)Cc3ccccc3)cc2C1=O. The van der Waals surface area contributed by atoms with Gasteiger partial charge >= 0.3 is 5.97 Å². The summed E-state index contributed by atoms with van der Waals surface area (Å²) in [5, 5.41) is 22.0. The molecule has 0 aromatic heterocycles. The average Bonchev–Trinajstić information content (AvgIpc) is 2.95. The minimum absolute atomic E-state index is 0.0526. The first-order valence-electron chi connectivity index (χ1n) is 13.7. The van der Waals surface area contributed by atoms with E-state index < -0.39 is 12.0 Å². The molecule has 216 valence electrons. The molecule has 0 bridgehead atoms. The Hall–Kier alpha value is -4.21. The van der Waals surface area contributed by atoms with Gasteiger partial charge in [0.05, 0.1) is 30.2 Å². The Bertz CT molecular complexity index is 1360. The van der Waals surface area contributed by atoms with Crippen LogP contribution in [0.15, 0.2) is 72.8 Å². The third-order valence-corrected chi connectivity index (χ3v) is 7.30. The zero-order chi connectivity index (χ0) is 29.5. The first-order chi connectivity index (χ1) is 19.6. The zero-order valence-electron chi connectivity index (χ0n) is 23.6. The largest absolute Gasteiger partial charge is 0.488 e. The van der Waals surface area contributed by atoms with Gasteiger partial charge in [-0.1, -0.05) is 49.4 Å². The maximum absolute atomic E-state index is 13.7. The van der Waals surface area contributed by atoms with E-state index in [4.69, 9.17) is 9.84 Å². The van der Waals surface area contributed by atoms with Gasteiger partial charge in [0.1, 0.15) is 11.9 Å². The number of likely N-dealkylation sites (N-methyl/N-ethyl adjacent to an activating group) is 1. The van der Waals surface area contributed by atoms with Crippen molar-refractivity contribution >= 4 is 23.5 Å². The Labute approximate surface area is 240 Å². The Morgan fingerprint density at radius 2 is 1.78 bits per heavy atom. The Morgan fingerprint density at radius 3 is 2.44 bits per heavy atom. The first-order valence-corrected chi connectivity index (χ1v) is 13.7. The maximum atomic E-state index is 13.7. The van der Waals surface area contributed by atoms with Crippen molar-refractivity contribution in [3.05, 3.63) is 95.1 Å². The van der Waals surface area contributed by atoms with E-state index in [1.54, 1.807) is 54.3 Å². The van der Waals surface area contributed by atoms with E-state index in [0.29, 0.717) is 36.6 Å². The van der Waals surface area contributed by atoms with Gasteiger partial charge in [0.2, 0.25) is 5.91 Å². The van der Waals surface area contributed by atoms with Crippen LogP contribution in [0.5, 0.6) is 5.75 Å². The van der Waals surface area contributed by atoms with Crippen molar-refractivity contribution in [2.75, 3.05) is 32.1 Å². The van der Waals surface area contributed by atoms with Crippen molar-refractivity contribution in [1.82, 2.24) is 9.80 Å². The number of carboxylic acids is 1. The number of carboxylic acid groups (broad SMARTS) is 1. The van der Waals surface area contributed by atoms with Crippen molar-refractivity contribution in [2.24, 2.45) is 5.92 Å². The number of anilines is 1. The third-order valence-electron chi connectivity index (χ3n) is 7.30. The van der Waals surface area contributed by atoms with Crippen LogP contribution >= 0.6 is 0 Å². The predicted molar refractivity (Wildman–Crippen MR) is 156 cm³/mol. The average molecular weight is 560 g/mol. The second-order valence-electron chi connectivity index (χ2n) is 10.7. The van der Waals surface area contributed by atoms with E-state index in [-0.39, 0.29) is 42.4 Å². The van der Waals surface area contributed by atoms with Gasteiger partial charge < -0.3 is 25.2 Å². The number of rotatable bonds is 10. The normalized spacial score (nSPS) is 17.7. The van der Waals surface area contributed by atoms with Crippen LogP contribution in [0.25, 0.3) is 0 Å². The second kappa shape index (κ2) is 13.4. The molecule has 1 aliphatic rings. The fourth-order valence-electron chi connectivity index (χ4n) is 4.94. The summed E-state index contributed by atoms with van der Waals surface area (Å²) in [5.74, 6) is -1.06. The van der Waals surface area contributed by atoms with E-state index in [1.165, 1.54) is 0 Å². The number of aliphatic hydroxyl groups excluding tert-OH is 1. The quantitative estimate of drug-likeness (QED) is 0.345. The number of hydrogen-bond acceptors (Lipinski definition) is 6. The first kappa shape index (κ1) is 29.8. The minimum Gasteiger partial charge on any atom is -0.488 e. The van der Waals surface area contributed by atoms with E-state index >= 15 is 0 Å². The maximum Gasteiger partial charge on any atom is 0.335 e. The highest BCUT2D eigenvalue weighted by molar-refractivity contribution is 6.00. The summed E-state index contributed by atoms with van der Waals surface area (Å²) < 4.78 is 6.45. The number of aliphatic hydroxyl groups is 1. The van der Waals surface area contributed by atoms with Gasteiger partial charge in [-0.2, -0.15) is 0 Å². The van der Waals surface area contributed by atoms with Gasteiger partial charge in [0, 0.05) is 31.2 Å². The third kappa shape index (κ3) is 7.71. The van der Waals surface area contributed by atoms with Crippen LogP contribution in [0.3, 0.4) is 0 Å². The molecule has 1 aliphatic heterocycles. The molecule has 3 atom stereocenters. The molecule has 0 aliphatic carbocycles. The number of carbonyl (C=O) groups is 3. The topological polar surface area (TPSA) is 119 Å². The molecule has 3 aromatic carbocycles. The molecule has 0 saturated heterocycles. The Kier molecular flexibility index (Phi) is 9.75. The van der Waals surface area contributed by atoms with Crippen LogP contribution in [-0.2, 0) is 17.8 Å². The molecule has 0 radical (unpaired) electrons. The molecule has 9 nitrogen and oxygen atoms in total. The molecule has 2 amide bonds. The lowest BCUT2D eigenvalue weighted by Crippen LogP contribution is -2.49. The van der Waals surface area contributed by atoms with Crippen LogP contribution in [0.4, 0.5) is 5.69 Å². The van der Waals surface area contributed by atoms with Crippen molar-refractivity contribution in [3.63, 3.8) is 0 Å². The number of benzene rings is 3. The molecule has 4 rings (SSSR count). The standard InChI is InChI=1S/C32H37N3O6/c1-21-17-35(22(2)20-36)31(38)27-16-26(33-30(37)15-23-7-5-4-6-8-23)13-14-28(27)41-29(21)19-34(3)18-24-9-11-25(12-10-24)32(39)40/h4-14,16,21-22,29,36H,15,17-20H2,1-3H3,(H,33,37)(H,39,40)/t21-,22+,29+/m0/s1. The zero-order valence-corrected chi connectivity index (χ0v) is 23.6. The Morgan fingerprint density at radius 1 is 1.07 bits per heavy atom. The number of ether oxygens (including phenoxy) is 1. The summed E-state index contributed by atoms with van der Waals surface area (Å²) in [6.07, 6.45) is -0.0712. The lowest BCUT2D eigenvalue weighted by atomic mass is 9.99. The van der Waals surface area contributed by atoms with Crippen LogP contribution in [0.2, 0.25) is 0 Å². The van der Waals surface area contributed by atoms with Gasteiger partial charge in [-0.25, -0.2) is 4.79 Å². The van der Waals surface area contributed by atoms with Crippen LogP contribution in [0.1, 0.15) is 45.7 Å². The molecule has 0 unspecified atom stereocenters. The highest BCUT2D eigenvalue weighted by Gasteiger charge is 2.33. The highest BCUT2D eigenvalue weighted by atomic mass is 16.5. The number of fused-ring (bicyclic) bond motifs is 1. The summed E-state index contributed by atoms with van der Waals surface area (Å²) in [4.78, 5) is 41.3. The van der Waals surface area contributed by atoms with E-state index in [2.05, 4.69) is 10.2 Å². The molecular formula is C32H37N3O6. The lowest BCUT2D eigenvalue weighted by molar-refractivity contribution is -0.115. The van der Waals surface area contributed by atoms with Crippen molar-refractivity contribution < 1.29 is 29.3 Å². The number of carbonyl (C=O) groups excluding carboxylic acids is 2. The number of nitrogens with zero attached hydrogens (tertiary/aromatic N) is 2. The second-order valence-corrected chi connectivity index (χ2v) is 10.7. The number of aromatic carboxylic acids is 1. The highest BCUT2D eigenvalue weighted by Crippen LogP contribution is 2.31. The predicted octanol–water partition coefficient (Wildman–Crippen LogP) is 3.92. The van der Waals surface area contributed by atoms with Crippen molar-refractivity contribution in [1.29, 1.82) is 0 Å². The van der Waals surface area contributed by atoms with Crippen LogP contribution in [-0.4, -0.2) is 76.7 Å². The smallest absolute Gasteiger partial charge is 0.335 e. The lowest BCUT2D eigenvalue weighted by Gasteiger charge is -2.38. The molecule has 0 spiro atoms. The molecule has 1 heterocycles. The Balaban J connectivity index is 1.54. The van der Waals surface area contributed by atoms with E-state index in [9.17, 15) is 19.5 Å². The van der Waals surface area contributed by atoms with Crippen molar-refractivity contribution in [2.45, 2.75) is 39.0 Å². The van der Waals surface area contributed by atoms with Crippen LogP contribution in [0, 0.1) is 5.92 Å². The monoisotopic (exact) mass is 559 g/mol. The van der Waals surface area contributed by atoms with Crippen LogP contribution < -0.4 is 10.1 Å². The number of hydrogen-bond donors (Lipinski definition) is 3. The van der Waals surface area contributed by atoms with E-state index in [1.807, 2.05) is 44.3 Å². The molecule has 41 heavy (non-hydrogen) atoms. The summed E-state index contributed by atoms with van der Waals surface area (Å²) >= 11 is 0.